The first-order valence-corrected chi connectivity index (χ1v) is 14.1. The molecule has 3 aromatic rings. The fourth-order valence-electron chi connectivity index (χ4n) is 4.56. The molecule has 0 amide bonds. The van der Waals surface area contributed by atoms with Gasteiger partial charge in [-0.3, -0.25) is 4.55 Å². The lowest BCUT2D eigenvalue weighted by atomic mass is 10.0. The van der Waals surface area contributed by atoms with Crippen LogP contribution >= 0.6 is 0 Å². The van der Waals surface area contributed by atoms with Gasteiger partial charge in [-0.2, -0.15) is 13.1 Å². The molecule has 0 saturated carbocycles. The molecule has 1 heterocycles. The maximum atomic E-state index is 10.6. The van der Waals surface area contributed by atoms with Gasteiger partial charge in [0.1, 0.15) is 5.82 Å². The van der Waals surface area contributed by atoms with Crippen LogP contribution in [0.3, 0.4) is 0 Å². The molecular formula is C27H39N3O3S. The summed E-state index contributed by atoms with van der Waals surface area (Å²) in [5.41, 5.74) is 3.61. The van der Waals surface area contributed by atoms with Gasteiger partial charge >= 0.3 is 10.3 Å². The smallest absolute Gasteiger partial charge is 0.327 e. The highest BCUT2D eigenvalue weighted by Crippen LogP contribution is 2.27. The topological polar surface area (TPSA) is 84.2 Å². The molecule has 0 fully saturated rings. The summed E-state index contributed by atoms with van der Waals surface area (Å²) >= 11 is 0. The predicted octanol–water partition coefficient (Wildman–Crippen LogP) is 6.48. The summed E-state index contributed by atoms with van der Waals surface area (Å²) in [5.74, 6) is 1.41. The molecule has 7 heteroatoms. The third-order valence-electron chi connectivity index (χ3n) is 6.46. The quantitative estimate of drug-likeness (QED) is 0.180. The number of unbranched alkanes of at least 4 members (excludes halogenated alkanes) is 9. The van der Waals surface area contributed by atoms with Crippen LogP contribution in [0.5, 0.6) is 0 Å². The summed E-state index contributed by atoms with van der Waals surface area (Å²) in [6.07, 6.45) is 11.5. The van der Waals surface area contributed by atoms with E-state index >= 15 is 0 Å². The van der Waals surface area contributed by atoms with Crippen LogP contribution in [0.15, 0.2) is 54.6 Å². The van der Waals surface area contributed by atoms with E-state index in [1.54, 1.807) is 0 Å². The minimum Gasteiger partial charge on any atom is -0.327 e. The van der Waals surface area contributed by atoms with Gasteiger partial charge in [0.15, 0.2) is 0 Å². The van der Waals surface area contributed by atoms with E-state index in [4.69, 9.17) is 9.54 Å². The zero-order valence-corrected chi connectivity index (χ0v) is 21.1. The molecule has 34 heavy (non-hydrogen) atoms. The molecule has 1 aromatic heterocycles. The molecular weight excluding hydrogens is 446 g/mol. The fourth-order valence-corrected chi connectivity index (χ4v) is 4.96. The van der Waals surface area contributed by atoms with Crippen LogP contribution in [0.4, 0.5) is 0 Å². The lowest BCUT2D eigenvalue weighted by Crippen LogP contribution is -2.23. The Labute approximate surface area is 204 Å². The molecule has 0 aliphatic rings. The first-order valence-electron chi connectivity index (χ1n) is 12.7. The number of fused-ring (bicyclic) bond motifs is 1. The molecule has 0 saturated heterocycles. The van der Waals surface area contributed by atoms with Crippen molar-refractivity contribution in [2.45, 2.75) is 83.6 Å². The van der Waals surface area contributed by atoms with Crippen LogP contribution < -0.4 is 4.72 Å². The van der Waals surface area contributed by atoms with E-state index in [1.165, 1.54) is 49.6 Å². The highest BCUT2D eigenvalue weighted by Gasteiger charge is 2.17. The minimum atomic E-state index is -4.04. The van der Waals surface area contributed by atoms with Crippen molar-refractivity contribution in [2.75, 3.05) is 6.54 Å². The predicted molar refractivity (Wildman–Crippen MR) is 139 cm³/mol. The number of benzene rings is 2. The Morgan fingerprint density at radius 1 is 0.824 bits per heavy atom. The van der Waals surface area contributed by atoms with E-state index in [9.17, 15) is 8.42 Å². The fraction of sp³-hybridized carbons (Fsp3) is 0.519. The minimum absolute atomic E-state index is 0.262. The third-order valence-corrected chi connectivity index (χ3v) is 7.03. The van der Waals surface area contributed by atoms with Gasteiger partial charge in [0.05, 0.1) is 11.0 Å². The Kier molecular flexibility index (Phi) is 10.6. The van der Waals surface area contributed by atoms with E-state index < -0.39 is 10.3 Å². The molecule has 0 bridgehead atoms. The number of para-hydroxylation sites is 2. The van der Waals surface area contributed by atoms with Crippen molar-refractivity contribution >= 4 is 21.3 Å². The molecule has 0 aliphatic heterocycles. The van der Waals surface area contributed by atoms with E-state index in [1.807, 2.05) is 0 Å². The average molecular weight is 486 g/mol. The second-order valence-corrected chi connectivity index (χ2v) is 10.4. The summed E-state index contributed by atoms with van der Waals surface area (Å²) in [6, 6.07) is 19.1. The standard InChI is InChI=1S/C27H39N3O3S/c1-23(24-17-11-10-12-18-24)27-29-25-19-13-14-20-26(25)30(27)22-16-9-7-5-3-2-4-6-8-15-21-28-34(31,32)33/h10-14,17-20,23,28H,2-9,15-16,21-22H2,1H3,(H,31,32,33). The maximum Gasteiger partial charge on any atom is 0.333 e. The van der Waals surface area contributed by atoms with Crippen LogP contribution in [0.2, 0.25) is 0 Å². The summed E-state index contributed by atoms with van der Waals surface area (Å²) in [6.45, 7) is 3.57. The van der Waals surface area contributed by atoms with Gasteiger partial charge in [0, 0.05) is 19.0 Å². The van der Waals surface area contributed by atoms with E-state index in [0.29, 0.717) is 6.54 Å². The highest BCUT2D eigenvalue weighted by atomic mass is 32.2. The first kappa shape index (κ1) is 26.4. The van der Waals surface area contributed by atoms with Crippen LogP contribution in [-0.4, -0.2) is 29.1 Å². The molecule has 3 rings (SSSR count). The number of imidazole rings is 1. The van der Waals surface area contributed by atoms with Gasteiger partial charge in [0.2, 0.25) is 0 Å². The molecule has 1 atom stereocenters. The second-order valence-electron chi connectivity index (χ2n) is 9.15. The van der Waals surface area contributed by atoms with Crippen molar-refractivity contribution in [2.24, 2.45) is 0 Å². The van der Waals surface area contributed by atoms with E-state index in [2.05, 4.69) is 70.8 Å². The first-order chi connectivity index (χ1) is 16.5. The number of nitrogens with one attached hydrogen (secondary N) is 1. The molecule has 2 aromatic carbocycles. The normalized spacial score (nSPS) is 12.9. The van der Waals surface area contributed by atoms with Crippen molar-refractivity contribution < 1.29 is 13.0 Å². The van der Waals surface area contributed by atoms with Crippen molar-refractivity contribution in [1.82, 2.24) is 14.3 Å². The lowest BCUT2D eigenvalue weighted by Gasteiger charge is -2.15. The molecule has 1 unspecified atom stereocenters. The second kappa shape index (κ2) is 13.6. The number of aromatic nitrogens is 2. The van der Waals surface area contributed by atoms with Crippen LogP contribution in [0, 0.1) is 0 Å². The number of nitrogens with zero attached hydrogens (tertiary/aromatic N) is 2. The van der Waals surface area contributed by atoms with Gasteiger partial charge < -0.3 is 4.57 Å². The monoisotopic (exact) mass is 485 g/mol. The van der Waals surface area contributed by atoms with E-state index in [0.717, 1.165) is 43.6 Å². The molecule has 2 N–H and O–H groups in total. The Hall–Kier alpha value is -2.22. The molecule has 6 nitrogen and oxygen atoms in total. The zero-order valence-electron chi connectivity index (χ0n) is 20.3. The molecule has 0 spiro atoms. The largest absolute Gasteiger partial charge is 0.333 e. The van der Waals surface area contributed by atoms with Crippen LogP contribution in [0.25, 0.3) is 11.0 Å². The van der Waals surface area contributed by atoms with Crippen molar-refractivity contribution in [3.63, 3.8) is 0 Å². The summed E-state index contributed by atoms with van der Waals surface area (Å²) < 4.78 is 34.3. The van der Waals surface area contributed by atoms with Crippen LogP contribution in [0.1, 0.15) is 88.4 Å². The Bertz CT molecular complexity index is 1100. The van der Waals surface area contributed by atoms with Crippen molar-refractivity contribution in [3.05, 3.63) is 66.0 Å². The molecule has 186 valence electrons. The average Bonchev–Trinajstić information content (AvgIpc) is 3.20. The van der Waals surface area contributed by atoms with Gasteiger partial charge in [0.25, 0.3) is 0 Å². The van der Waals surface area contributed by atoms with Gasteiger partial charge in [-0.25, -0.2) is 4.98 Å². The number of rotatable bonds is 16. The van der Waals surface area contributed by atoms with Gasteiger partial charge in [-0.1, -0.05) is 101 Å². The van der Waals surface area contributed by atoms with Crippen molar-refractivity contribution in [3.8, 4) is 0 Å². The number of hydrogen-bond acceptors (Lipinski definition) is 3. The summed E-state index contributed by atoms with van der Waals surface area (Å²) in [7, 11) is -4.04. The third kappa shape index (κ3) is 8.53. The summed E-state index contributed by atoms with van der Waals surface area (Å²) in [4.78, 5) is 4.99. The SMILES string of the molecule is CC(c1ccccc1)c1nc2ccccc2n1CCCCCCCCCCCCNS(=O)(=O)O. The summed E-state index contributed by atoms with van der Waals surface area (Å²) in [5, 5.41) is 0. The van der Waals surface area contributed by atoms with Crippen LogP contribution in [-0.2, 0) is 16.8 Å². The zero-order chi connectivity index (χ0) is 24.2. The Morgan fingerprint density at radius 2 is 1.38 bits per heavy atom. The Morgan fingerprint density at radius 3 is 2.03 bits per heavy atom. The maximum absolute atomic E-state index is 10.6. The molecule has 0 aliphatic carbocycles. The van der Waals surface area contributed by atoms with Gasteiger partial charge in [-0.15, -0.1) is 0 Å². The molecule has 0 radical (unpaired) electrons. The number of hydrogen-bond donors (Lipinski definition) is 2. The lowest BCUT2D eigenvalue weighted by molar-refractivity contribution is 0.464. The highest BCUT2D eigenvalue weighted by molar-refractivity contribution is 7.83. The number of aryl methyl sites for hydroxylation is 1. The van der Waals surface area contributed by atoms with Gasteiger partial charge in [-0.05, 0) is 30.5 Å². The van der Waals surface area contributed by atoms with Crippen molar-refractivity contribution in [1.29, 1.82) is 0 Å². The van der Waals surface area contributed by atoms with E-state index in [-0.39, 0.29) is 5.92 Å². The Balaban J connectivity index is 1.36.